The molecule has 0 aliphatic carbocycles. The first-order chi connectivity index (χ1) is 13.5. The van der Waals surface area contributed by atoms with Crippen LogP contribution in [0.4, 0.5) is 4.79 Å². The average Bonchev–Trinajstić information content (AvgIpc) is 3.26. The zero-order chi connectivity index (χ0) is 19.3. The van der Waals surface area contributed by atoms with E-state index in [1.807, 2.05) is 6.07 Å². The van der Waals surface area contributed by atoms with Crippen molar-refractivity contribution >= 4 is 11.9 Å². The van der Waals surface area contributed by atoms with Gasteiger partial charge < -0.3 is 24.3 Å². The van der Waals surface area contributed by atoms with Crippen LogP contribution in [0.25, 0.3) is 0 Å². The van der Waals surface area contributed by atoms with Gasteiger partial charge >= 0.3 is 6.03 Å². The lowest BCUT2D eigenvalue weighted by molar-refractivity contribution is -0.131. The summed E-state index contributed by atoms with van der Waals surface area (Å²) in [4.78, 5) is 26.9. The number of benzene rings is 2. The summed E-state index contributed by atoms with van der Waals surface area (Å²) in [7, 11) is 0. The highest BCUT2D eigenvalue weighted by Crippen LogP contribution is 2.38. The molecule has 1 N–H and O–H groups in total. The number of carbonyl (C=O) groups is 2. The lowest BCUT2D eigenvalue weighted by atomic mass is 9.91. The molecule has 2 aromatic carbocycles. The Bertz CT molecular complexity index is 991. The summed E-state index contributed by atoms with van der Waals surface area (Å²) >= 11 is 0. The van der Waals surface area contributed by atoms with Gasteiger partial charge in [-0.3, -0.25) is 9.69 Å². The molecule has 8 heteroatoms. The summed E-state index contributed by atoms with van der Waals surface area (Å²) in [5.41, 5.74) is 0.242. The second kappa shape index (κ2) is 6.05. The van der Waals surface area contributed by atoms with Gasteiger partial charge in [-0.15, -0.1) is 0 Å². The van der Waals surface area contributed by atoms with Gasteiger partial charge in [0.2, 0.25) is 6.79 Å². The molecule has 2 aromatic rings. The highest BCUT2D eigenvalue weighted by molar-refractivity contribution is 6.07. The van der Waals surface area contributed by atoms with E-state index in [2.05, 4.69) is 5.32 Å². The Morgan fingerprint density at radius 1 is 0.929 bits per heavy atom. The molecule has 1 saturated heterocycles. The molecular formula is C20H18N2O6. The van der Waals surface area contributed by atoms with Crippen LogP contribution >= 0.6 is 0 Å². The first-order valence-corrected chi connectivity index (χ1v) is 8.97. The normalized spacial score (nSPS) is 22.4. The number of carbonyl (C=O) groups excluding carboxylic acids is 2. The molecule has 0 spiro atoms. The number of fused-ring (bicyclic) bond motifs is 2. The van der Waals surface area contributed by atoms with Gasteiger partial charge in [0.05, 0.1) is 6.54 Å². The molecule has 0 aromatic heterocycles. The Hall–Kier alpha value is -3.42. The molecule has 8 nitrogen and oxygen atoms in total. The first-order valence-electron chi connectivity index (χ1n) is 8.97. The highest BCUT2D eigenvalue weighted by Gasteiger charge is 2.49. The Kier molecular flexibility index (Phi) is 3.61. The Morgan fingerprint density at radius 2 is 1.61 bits per heavy atom. The van der Waals surface area contributed by atoms with Gasteiger partial charge in [0.15, 0.2) is 23.0 Å². The van der Waals surface area contributed by atoms with Crippen LogP contribution in [-0.4, -0.2) is 36.8 Å². The second-order valence-electron chi connectivity index (χ2n) is 6.99. The molecule has 3 aliphatic heterocycles. The number of nitrogens with zero attached hydrogens (tertiary/aromatic N) is 1. The van der Waals surface area contributed by atoms with Crippen molar-refractivity contribution in [1.82, 2.24) is 10.2 Å². The van der Waals surface area contributed by atoms with E-state index < -0.39 is 11.6 Å². The third-order valence-corrected chi connectivity index (χ3v) is 5.17. The van der Waals surface area contributed by atoms with Crippen LogP contribution in [0.2, 0.25) is 0 Å². The number of imide groups is 1. The van der Waals surface area contributed by atoms with Crippen molar-refractivity contribution in [1.29, 1.82) is 0 Å². The molecule has 0 unspecified atom stereocenters. The quantitative estimate of drug-likeness (QED) is 0.819. The summed E-state index contributed by atoms with van der Waals surface area (Å²) in [6, 6.07) is 10.2. The summed E-state index contributed by atoms with van der Waals surface area (Å²) in [6.07, 6.45) is 0. The molecule has 0 saturated carbocycles. The molecule has 3 heterocycles. The fourth-order valence-electron chi connectivity index (χ4n) is 3.61. The van der Waals surface area contributed by atoms with Crippen molar-refractivity contribution in [2.75, 3.05) is 20.0 Å². The van der Waals surface area contributed by atoms with E-state index in [1.165, 1.54) is 4.90 Å². The van der Waals surface area contributed by atoms with Crippen LogP contribution in [0.5, 0.6) is 23.0 Å². The number of urea groups is 1. The minimum absolute atomic E-state index is 0.140. The van der Waals surface area contributed by atoms with Crippen LogP contribution in [0.3, 0.4) is 0 Å². The molecule has 3 amide bonds. The van der Waals surface area contributed by atoms with Crippen LogP contribution < -0.4 is 24.3 Å². The number of rotatable bonds is 3. The van der Waals surface area contributed by atoms with Crippen molar-refractivity contribution in [3.05, 3.63) is 47.5 Å². The van der Waals surface area contributed by atoms with Crippen LogP contribution in [0.15, 0.2) is 36.4 Å². The lowest BCUT2D eigenvalue weighted by Crippen LogP contribution is -2.41. The Morgan fingerprint density at radius 3 is 2.46 bits per heavy atom. The topological polar surface area (TPSA) is 86.3 Å². The van der Waals surface area contributed by atoms with Gasteiger partial charge in [-0.2, -0.15) is 0 Å². The maximum atomic E-state index is 13.2. The lowest BCUT2D eigenvalue weighted by Gasteiger charge is -2.25. The fourth-order valence-corrected chi connectivity index (χ4v) is 3.61. The molecule has 0 bridgehead atoms. The van der Waals surface area contributed by atoms with Gasteiger partial charge in [0.1, 0.15) is 18.8 Å². The fraction of sp³-hybridized carbons (Fsp3) is 0.300. The predicted octanol–water partition coefficient (Wildman–Crippen LogP) is 2.15. The third kappa shape index (κ3) is 2.52. The molecule has 3 aliphatic rings. The number of nitrogens with one attached hydrogen (secondary N) is 1. The molecule has 28 heavy (non-hydrogen) atoms. The Balaban J connectivity index is 1.42. The van der Waals surface area contributed by atoms with Crippen molar-refractivity contribution in [3.8, 4) is 23.0 Å². The van der Waals surface area contributed by atoms with Crippen molar-refractivity contribution in [2.24, 2.45) is 0 Å². The minimum atomic E-state index is -1.18. The molecule has 1 fully saturated rings. The number of ether oxygens (including phenoxy) is 4. The zero-order valence-corrected chi connectivity index (χ0v) is 15.2. The number of hydrogen-bond acceptors (Lipinski definition) is 6. The maximum absolute atomic E-state index is 13.2. The molecule has 0 radical (unpaired) electrons. The van der Waals surface area contributed by atoms with E-state index >= 15 is 0 Å². The largest absolute Gasteiger partial charge is 0.486 e. The summed E-state index contributed by atoms with van der Waals surface area (Å²) in [5, 5.41) is 2.81. The molecule has 1 atom stereocenters. The summed E-state index contributed by atoms with van der Waals surface area (Å²) < 4.78 is 21.8. The smallest absolute Gasteiger partial charge is 0.325 e. The summed E-state index contributed by atoms with van der Waals surface area (Å²) in [5.74, 6) is 2.14. The van der Waals surface area contributed by atoms with Crippen LogP contribution in [-0.2, 0) is 16.9 Å². The van der Waals surface area contributed by atoms with Gasteiger partial charge in [0.25, 0.3) is 5.91 Å². The molecular weight excluding hydrogens is 364 g/mol. The first kappa shape index (κ1) is 16.7. The van der Waals surface area contributed by atoms with Crippen LogP contribution in [0.1, 0.15) is 18.1 Å². The van der Waals surface area contributed by atoms with Crippen molar-refractivity contribution < 1.29 is 28.5 Å². The number of hydrogen-bond donors (Lipinski definition) is 1. The second-order valence-corrected chi connectivity index (χ2v) is 6.99. The van der Waals surface area contributed by atoms with Gasteiger partial charge in [-0.25, -0.2) is 4.79 Å². The summed E-state index contributed by atoms with van der Waals surface area (Å²) in [6.45, 7) is 2.94. The molecule has 5 rings (SSSR count). The van der Waals surface area contributed by atoms with Crippen LogP contribution in [0, 0.1) is 0 Å². The van der Waals surface area contributed by atoms with Gasteiger partial charge in [-0.05, 0) is 42.3 Å². The van der Waals surface area contributed by atoms with E-state index in [1.54, 1.807) is 37.3 Å². The highest BCUT2D eigenvalue weighted by atomic mass is 16.7. The van der Waals surface area contributed by atoms with Gasteiger partial charge in [-0.1, -0.05) is 12.1 Å². The molecule has 144 valence electrons. The minimum Gasteiger partial charge on any atom is -0.486 e. The van der Waals surface area contributed by atoms with E-state index in [0.29, 0.717) is 41.8 Å². The number of amides is 3. The van der Waals surface area contributed by atoms with E-state index in [-0.39, 0.29) is 19.2 Å². The third-order valence-electron chi connectivity index (χ3n) is 5.17. The standard InChI is InChI=1S/C20H18N2O6/c1-20(13-3-5-14-17(9-13)26-7-6-25-14)18(23)22(19(24)21-20)10-12-2-4-15-16(8-12)28-11-27-15/h2-5,8-9H,6-7,10-11H2,1H3,(H,21,24)/t20-/m1/s1. The Labute approximate surface area is 160 Å². The van der Waals surface area contributed by atoms with Crippen molar-refractivity contribution in [2.45, 2.75) is 19.0 Å². The maximum Gasteiger partial charge on any atom is 0.325 e. The zero-order valence-electron chi connectivity index (χ0n) is 15.2. The monoisotopic (exact) mass is 382 g/mol. The van der Waals surface area contributed by atoms with E-state index in [4.69, 9.17) is 18.9 Å². The predicted molar refractivity (Wildman–Crippen MR) is 96.4 cm³/mol. The SMILES string of the molecule is C[C@]1(c2ccc3c(c2)OCCO3)NC(=O)N(Cc2ccc3c(c2)OCO3)C1=O. The van der Waals surface area contributed by atoms with E-state index in [0.717, 1.165) is 5.56 Å². The average molecular weight is 382 g/mol. The van der Waals surface area contributed by atoms with E-state index in [9.17, 15) is 9.59 Å². The van der Waals surface area contributed by atoms with Gasteiger partial charge in [0, 0.05) is 0 Å². The van der Waals surface area contributed by atoms with Crippen molar-refractivity contribution in [3.63, 3.8) is 0 Å².